The third-order valence-electron chi connectivity index (χ3n) is 2.67. The first-order valence-corrected chi connectivity index (χ1v) is 6.29. The molecule has 104 valence electrons. The smallest absolute Gasteiger partial charge is 0.244 e. The van der Waals surface area contributed by atoms with Crippen molar-refractivity contribution in [2.24, 2.45) is 17.4 Å². The van der Waals surface area contributed by atoms with Crippen molar-refractivity contribution in [3.63, 3.8) is 0 Å². The van der Waals surface area contributed by atoms with Gasteiger partial charge in [-0.25, -0.2) is 0 Å². The SMILES string of the molecule is CC(C)CN(CC(N)=O)C(=O)C(N)c1ccccc1. The number of hydrogen-bond donors (Lipinski definition) is 2. The first-order valence-electron chi connectivity index (χ1n) is 6.29. The molecule has 5 heteroatoms. The molecule has 0 bridgehead atoms. The summed E-state index contributed by atoms with van der Waals surface area (Å²) in [6.45, 7) is 4.30. The predicted octanol–water partition coefficient (Wildman–Crippen LogP) is 0.656. The highest BCUT2D eigenvalue weighted by Gasteiger charge is 2.24. The van der Waals surface area contributed by atoms with E-state index in [0.29, 0.717) is 6.54 Å². The van der Waals surface area contributed by atoms with E-state index >= 15 is 0 Å². The van der Waals surface area contributed by atoms with Crippen LogP contribution in [0.3, 0.4) is 0 Å². The highest BCUT2D eigenvalue weighted by atomic mass is 16.2. The zero-order valence-electron chi connectivity index (χ0n) is 11.4. The maximum atomic E-state index is 12.3. The number of hydrogen-bond acceptors (Lipinski definition) is 3. The molecule has 4 N–H and O–H groups in total. The molecule has 1 atom stereocenters. The summed E-state index contributed by atoms with van der Waals surface area (Å²) in [5.41, 5.74) is 11.8. The lowest BCUT2D eigenvalue weighted by atomic mass is 10.1. The summed E-state index contributed by atoms with van der Waals surface area (Å²) >= 11 is 0. The van der Waals surface area contributed by atoms with Crippen LogP contribution in [0.5, 0.6) is 0 Å². The van der Waals surface area contributed by atoms with Gasteiger partial charge >= 0.3 is 0 Å². The minimum absolute atomic E-state index is 0.0997. The van der Waals surface area contributed by atoms with E-state index in [-0.39, 0.29) is 18.4 Å². The van der Waals surface area contributed by atoms with Gasteiger partial charge in [-0.1, -0.05) is 44.2 Å². The number of carbonyl (C=O) groups is 2. The van der Waals surface area contributed by atoms with Crippen LogP contribution in [-0.2, 0) is 9.59 Å². The number of nitrogens with two attached hydrogens (primary N) is 2. The van der Waals surface area contributed by atoms with Crippen molar-refractivity contribution in [2.45, 2.75) is 19.9 Å². The van der Waals surface area contributed by atoms with Crippen molar-refractivity contribution in [1.82, 2.24) is 4.90 Å². The van der Waals surface area contributed by atoms with E-state index in [9.17, 15) is 9.59 Å². The molecule has 0 aliphatic rings. The zero-order valence-corrected chi connectivity index (χ0v) is 11.4. The summed E-state index contributed by atoms with van der Waals surface area (Å²) in [7, 11) is 0. The molecule has 0 aromatic heterocycles. The number of nitrogens with zero attached hydrogens (tertiary/aromatic N) is 1. The molecule has 0 saturated heterocycles. The topological polar surface area (TPSA) is 89.4 Å². The lowest BCUT2D eigenvalue weighted by Crippen LogP contribution is -2.44. The minimum atomic E-state index is -0.765. The molecule has 0 spiro atoms. The van der Waals surface area contributed by atoms with Crippen molar-refractivity contribution < 1.29 is 9.59 Å². The Balaban J connectivity index is 2.83. The lowest BCUT2D eigenvalue weighted by molar-refractivity contribution is -0.137. The zero-order chi connectivity index (χ0) is 14.4. The van der Waals surface area contributed by atoms with E-state index in [1.54, 1.807) is 12.1 Å². The van der Waals surface area contributed by atoms with Crippen molar-refractivity contribution >= 4 is 11.8 Å². The van der Waals surface area contributed by atoms with Crippen LogP contribution >= 0.6 is 0 Å². The molecule has 1 unspecified atom stereocenters. The molecule has 5 nitrogen and oxygen atoms in total. The standard InChI is InChI=1S/C14H21N3O2/c1-10(2)8-17(9-12(15)18)14(19)13(16)11-6-4-3-5-7-11/h3-7,10,13H,8-9,16H2,1-2H3,(H2,15,18). The van der Waals surface area contributed by atoms with Crippen molar-refractivity contribution in [2.75, 3.05) is 13.1 Å². The van der Waals surface area contributed by atoms with E-state index in [2.05, 4.69) is 0 Å². The van der Waals surface area contributed by atoms with Crippen LogP contribution in [0.15, 0.2) is 30.3 Å². The van der Waals surface area contributed by atoms with E-state index in [4.69, 9.17) is 11.5 Å². The van der Waals surface area contributed by atoms with Crippen LogP contribution in [0.4, 0.5) is 0 Å². The molecule has 0 fully saturated rings. The van der Waals surface area contributed by atoms with E-state index < -0.39 is 11.9 Å². The number of amides is 2. The Morgan fingerprint density at radius 1 is 1.21 bits per heavy atom. The van der Waals surface area contributed by atoms with Crippen molar-refractivity contribution in [3.05, 3.63) is 35.9 Å². The third-order valence-corrected chi connectivity index (χ3v) is 2.67. The van der Waals surface area contributed by atoms with Gasteiger partial charge in [0.25, 0.3) is 0 Å². The van der Waals surface area contributed by atoms with Crippen molar-refractivity contribution in [3.8, 4) is 0 Å². The average molecular weight is 263 g/mol. The molecule has 2 amide bonds. The first kappa shape index (κ1) is 15.2. The maximum absolute atomic E-state index is 12.3. The van der Waals surface area contributed by atoms with Gasteiger partial charge in [0.15, 0.2) is 0 Å². The predicted molar refractivity (Wildman–Crippen MR) is 74.0 cm³/mol. The quantitative estimate of drug-likeness (QED) is 0.790. The molecular weight excluding hydrogens is 242 g/mol. The number of carbonyl (C=O) groups excluding carboxylic acids is 2. The fourth-order valence-electron chi connectivity index (χ4n) is 1.86. The Morgan fingerprint density at radius 3 is 2.26 bits per heavy atom. The second kappa shape index (κ2) is 6.89. The Labute approximate surface area is 113 Å². The molecule has 0 radical (unpaired) electrons. The van der Waals surface area contributed by atoms with Gasteiger partial charge in [0.2, 0.25) is 11.8 Å². The van der Waals surface area contributed by atoms with Gasteiger partial charge in [-0.15, -0.1) is 0 Å². The van der Waals surface area contributed by atoms with Crippen LogP contribution in [0, 0.1) is 5.92 Å². The number of primary amides is 1. The summed E-state index contributed by atoms with van der Waals surface area (Å²) in [6, 6.07) is 8.32. The highest BCUT2D eigenvalue weighted by molar-refractivity contribution is 5.87. The molecule has 1 aromatic rings. The van der Waals surface area contributed by atoms with Gasteiger partial charge in [-0.3, -0.25) is 9.59 Å². The van der Waals surface area contributed by atoms with E-state index in [0.717, 1.165) is 5.56 Å². The fraction of sp³-hybridized carbons (Fsp3) is 0.429. The molecule has 1 aromatic carbocycles. The third kappa shape index (κ3) is 4.71. The summed E-state index contributed by atoms with van der Waals surface area (Å²) < 4.78 is 0. The Bertz CT molecular complexity index is 432. The van der Waals surface area contributed by atoms with Crippen LogP contribution in [0.25, 0.3) is 0 Å². The lowest BCUT2D eigenvalue weighted by Gasteiger charge is -2.26. The summed E-state index contributed by atoms with van der Waals surface area (Å²) in [5, 5.41) is 0. The van der Waals surface area contributed by atoms with Crippen LogP contribution in [0.2, 0.25) is 0 Å². The fourth-order valence-corrected chi connectivity index (χ4v) is 1.86. The van der Waals surface area contributed by atoms with Gasteiger partial charge in [-0.2, -0.15) is 0 Å². The van der Waals surface area contributed by atoms with Crippen LogP contribution < -0.4 is 11.5 Å². The summed E-state index contributed by atoms with van der Waals surface area (Å²) in [5.74, 6) is -0.570. The summed E-state index contributed by atoms with van der Waals surface area (Å²) in [4.78, 5) is 24.8. The molecule has 0 saturated carbocycles. The van der Waals surface area contributed by atoms with E-state index in [1.165, 1.54) is 4.90 Å². The van der Waals surface area contributed by atoms with Gasteiger partial charge < -0.3 is 16.4 Å². The Morgan fingerprint density at radius 2 is 1.79 bits per heavy atom. The number of benzene rings is 1. The van der Waals surface area contributed by atoms with Gasteiger partial charge in [0, 0.05) is 6.54 Å². The monoisotopic (exact) mass is 263 g/mol. The second-order valence-electron chi connectivity index (χ2n) is 4.97. The van der Waals surface area contributed by atoms with Crippen LogP contribution in [-0.4, -0.2) is 29.8 Å². The second-order valence-corrected chi connectivity index (χ2v) is 4.97. The molecule has 0 aliphatic heterocycles. The van der Waals surface area contributed by atoms with E-state index in [1.807, 2.05) is 32.0 Å². The van der Waals surface area contributed by atoms with Gasteiger partial charge in [0.05, 0.1) is 6.54 Å². The van der Waals surface area contributed by atoms with Gasteiger partial charge in [0.1, 0.15) is 6.04 Å². The molecule has 1 rings (SSSR count). The van der Waals surface area contributed by atoms with Crippen molar-refractivity contribution in [1.29, 1.82) is 0 Å². The Kier molecular flexibility index (Phi) is 5.51. The van der Waals surface area contributed by atoms with Crippen LogP contribution in [0.1, 0.15) is 25.5 Å². The molecular formula is C14H21N3O2. The Hall–Kier alpha value is -1.88. The summed E-state index contributed by atoms with van der Waals surface area (Å²) in [6.07, 6.45) is 0. The highest BCUT2D eigenvalue weighted by Crippen LogP contribution is 2.13. The molecule has 0 aliphatic carbocycles. The number of rotatable bonds is 6. The first-order chi connectivity index (χ1) is 8.91. The normalized spacial score (nSPS) is 12.2. The minimum Gasteiger partial charge on any atom is -0.368 e. The molecule has 0 heterocycles. The maximum Gasteiger partial charge on any atom is 0.244 e. The largest absolute Gasteiger partial charge is 0.368 e. The average Bonchev–Trinajstić information content (AvgIpc) is 2.36. The molecule has 19 heavy (non-hydrogen) atoms. The van der Waals surface area contributed by atoms with Gasteiger partial charge in [-0.05, 0) is 11.5 Å².